The van der Waals surface area contributed by atoms with Gasteiger partial charge in [0, 0.05) is 47.7 Å². The molecule has 3 amide bonds. The van der Waals surface area contributed by atoms with Crippen LogP contribution >= 0.6 is 11.6 Å². The molecule has 11 heteroatoms. The summed E-state index contributed by atoms with van der Waals surface area (Å²) in [7, 11) is 1.28. The van der Waals surface area contributed by atoms with Crippen LogP contribution in [0.1, 0.15) is 36.7 Å². The number of ether oxygens (including phenoxy) is 1. The predicted octanol–water partition coefficient (Wildman–Crippen LogP) is 5.29. The second-order valence-electron chi connectivity index (χ2n) is 9.80. The Balaban J connectivity index is 1.44. The molecule has 3 heterocycles. The summed E-state index contributed by atoms with van der Waals surface area (Å²) in [5.74, 6) is 0.506. The van der Waals surface area contributed by atoms with Gasteiger partial charge < -0.3 is 24.8 Å². The fourth-order valence-electron chi connectivity index (χ4n) is 5.06. The van der Waals surface area contributed by atoms with Crippen LogP contribution in [0.3, 0.4) is 0 Å². The number of H-pyrrole nitrogens is 1. The number of nitrogens with zero attached hydrogens (tertiary/aromatic N) is 3. The predicted molar refractivity (Wildman–Crippen MR) is 155 cm³/mol. The highest BCUT2D eigenvalue weighted by Gasteiger charge is 2.32. The van der Waals surface area contributed by atoms with Crippen LogP contribution in [0.15, 0.2) is 54.7 Å². The summed E-state index contributed by atoms with van der Waals surface area (Å²) in [6.45, 7) is 3.45. The van der Waals surface area contributed by atoms with Gasteiger partial charge in [-0.15, -0.1) is 0 Å². The molecule has 2 aromatic carbocycles. The molecule has 0 saturated carbocycles. The molecule has 208 valence electrons. The molecular formula is C29H31ClN6O4. The summed E-state index contributed by atoms with van der Waals surface area (Å²) in [4.78, 5) is 50.0. The first-order valence-electron chi connectivity index (χ1n) is 13.1. The molecule has 2 aliphatic rings. The maximum atomic E-state index is 13.5. The number of anilines is 3. The third-order valence-corrected chi connectivity index (χ3v) is 7.36. The lowest BCUT2D eigenvalue weighted by Crippen LogP contribution is -2.51. The molecular weight excluding hydrogens is 532 g/mol. The Morgan fingerprint density at radius 2 is 2.00 bits per heavy atom. The maximum Gasteiger partial charge on any atom is 0.411 e. The topological polar surface area (TPSA) is 120 Å². The standard InChI is InChI=1S/C29H31ClN6O4/c1-18-8-9-19(30)14-25(18)35-12-13-36(27(38)17-35)24-6-4-3-5-7-26(37)33-22-15-20(32-29(39)40-2)10-11-21(22)23-16-31-28(24)34-23/h3-4,8-11,14-16,24H,5-7,12-13,17H2,1-2H3,(H,31,34)(H,32,39)(H,33,37)/b4-3+. The number of nitrogens with one attached hydrogen (secondary N) is 3. The first-order chi connectivity index (χ1) is 19.3. The van der Waals surface area contributed by atoms with Crippen LogP contribution in [0, 0.1) is 6.92 Å². The minimum Gasteiger partial charge on any atom is -0.453 e. The quantitative estimate of drug-likeness (QED) is 0.373. The number of halogens is 1. The number of aromatic amines is 1. The summed E-state index contributed by atoms with van der Waals surface area (Å²) in [6.07, 6.45) is 6.52. The van der Waals surface area contributed by atoms with Gasteiger partial charge in [-0.2, -0.15) is 0 Å². The van der Waals surface area contributed by atoms with Gasteiger partial charge in [0.15, 0.2) is 0 Å². The molecule has 0 aliphatic carbocycles. The first kappa shape index (κ1) is 27.3. The minimum atomic E-state index is -0.610. The molecule has 10 nitrogen and oxygen atoms in total. The number of hydrogen-bond donors (Lipinski definition) is 3. The van der Waals surface area contributed by atoms with Gasteiger partial charge in [-0.05, 0) is 55.7 Å². The van der Waals surface area contributed by atoms with E-state index in [1.54, 1.807) is 24.4 Å². The van der Waals surface area contributed by atoms with E-state index in [9.17, 15) is 14.4 Å². The number of imidazole rings is 1. The van der Waals surface area contributed by atoms with Crippen LogP contribution in [0.4, 0.5) is 21.9 Å². The van der Waals surface area contributed by atoms with Crippen molar-refractivity contribution in [2.45, 2.75) is 32.2 Å². The van der Waals surface area contributed by atoms with Crippen LogP contribution in [0.2, 0.25) is 5.02 Å². The highest BCUT2D eigenvalue weighted by Crippen LogP contribution is 2.34. The van der Waals surface area contributed by atoms with E-state index >= 15 is 0 Å². The average molecular weight is 563 g/mol. The second-order valence-corrected chi connectivity index (χ2v) is 10.2. The highest BCUT2D eigenvalue weighted by atomic mass is 35.5. The molecule has 1 unspecified atom stereocenters. The number of benzene rings is 2. The van der Waals surface area contributed by atoms with Crippen molar-refractivity contribution in [3.63, 3.8) is 0 Å². The lowest BCUT2D eigenvalue weighted by molar-refractivity contribution is -0.133. The Bertz CT molecular complexity index is 1470. The third kappa shape index (κ3) is 5.96. The summed E-state index contributed by atoms with van der Waals surface area (Å²) in [5.41, 5.74) is 4.32. The zero-order valence-corrected chi connectivity index (χ0v) is 23.1. The summed E-state index contributed by atoms with van der Waals surface area (Å²) < 4.78 is 4.69. The Morgan fingerprint density at radius 1 is 1.15 bits per heavy atom. The Hall–Kier alpha value is -4.31. The van der Waals surface area contributed by atoms with Crippen molar-refractivity contribution in [2.75, 3.05) is 42.3 Å². The van der Waals surface area contributed by atoms with Crippen molar-refractivity contribution < 1.29 is 19.1 Å². The first-order valence-corrected chi connectivity index (χ1v) is 13.5. The summed E-state index contributed by atoms with van der Waals surface area (Å²) in [6, 6.07) is 10.6. The van der Waals surface area contributed by atoms with Gasteiger partial charge in [0.1, 0.15) is 5.82 Å². The van der Waals surface area contributed by atoms with Gasteiger partial charge in [0.05, 0.1) is 31.1 Å². The fraction of sp³-hybridized carbons (Fsp3) is 0.310. The van der Waals surface area contributed by atoms with E-state index < -0.39 is 6.09 Å². The number of hydrogen-bond acceptors (Lipinski definition) is 6. The van der Waals surface area contributed by atoms with E-state index in [2.05, 4.69) is 25.3 Å². The van der Waals surface area contributed by atoms with Gasteiger partial charge in [-0.25, -0.2) is 9.78 Å². The summed E-state index contributed by atoms with van der Waals surface area (Å²) in [5, 5.41) is 6.20. The van der Waals surface area contributed by atoms with Crippen molar-refractivity contribution in [2.24, 2.45) is 0 Å². The van der Waals surface area contributed by atoms with Crippen molar-refractivity contribution in [1.29, 1.82) is 0 Å². The van der Waals surface area contributed by atoms with Gasteiger partial charge in [0.2, 0.25) is 11.8 Å². The molecule has 1 saturated heterocycles. The number of piperazine rings is 1. The molecule has 3 N–H and O–H groups in total. The molecule has 3 aromatic rings. The van der Waals surface area contributed by atoms with Crippen LogP contribution in [-0.4, -0.2) is 59.5 Å². The molecule has 0 radical (unpaired) electrons. The number of methoxy groups -OCH3 is 1. The van der Waals surface area contributed by atoms with Gasteiger partial charge >= 0.3 is 6.09 Å². The molecule has 1 aromatic heterocycles. The normalized spacial score (nSPS) is 18.5. The van der Waals surface area contributed by atoms with E-state index in [0.29, 0.717) is 59.4 Å². The lowest BCUT2D eigenvalue weighted by atomic mass is 10.1. The number of rotatable bonds is 3. The van der Waals surface area contributed by atoms with E-state index in [0.717, 1.165) is 11.3 Å². The van der Waals surface area contributed by atoms with Crippen molar-refractivity contribution in [3.8, 4) is 11.3 Å². The number of fused-ring (bicyclic) bond motifs is 4. The monoisotopic (exact) mass is 562 g/mol. The molecule has 0 spiro atoms. The van der Waals surface area contributed by atoms with Crippen molar-refractivity contribution in [3.05, 3.63) is 71.2 Å². The number of carbonyl (C=O) groups is 3. The molecule has 40 heavy (non-hydrogen) atoms. The number of aryl methyl sites for hydroxylation is 1. The highest BCUT2D eigenvalue weighted by molar-refractivity contribution is 6.30. The molecule has 2 aliphatic heterocycles. The zero-order valence-electron chi connectivity index (χ0n) is 22.4. The Kier molecular flexibility index (Phi) is 8.06. The fourth-order valence-corrected chi connectivity index (χ4v) is 5.23. The van der Waals surface area contributed by atoms with Crippen LogP contribution in [0.5, 0.6) is 0 Å². The van der Waals surface area contributed by atoms with E-state index in [1.807, 2.05) is 42.2 Å². The van der Waals surface area contributed by atoms with Gasteiger partial charge in [-0.3, -0.25) is 14.9 Å². The second kappa shape index (κ2) is 11.8. The Labute approximate surface area is 237 Å². The van der Waals surface area contributed by atoms with Gasteiger partial charge in [0.25, 0.3) is 0 Å². The zero-order chi connectivity index (χ0) is 28.2. The van der Waals surface area contributed by atoms with E-state index in [4.69, 9.17) is 16.6 Å². The third-order valence-electron chi connectivity index (χ3n) is 7.12. The van der Waals surface area contributed by atoms with Crippen molar-refractivity contribution >= 4 is 46.6 Å². The smallest absolute Gasteiger partial charge is 0.411 e. The number of carbonyl (C=O) groups excluding carboxylic acids is 3. The average Bonchev–Trinajstić information content (AvgIpc) is 3.42. The number of allylic oxidation sites excluding steroid dienone is 1. The summed E-state index contributed by atoms with van der Waals surface area (Å²) >= 11 is 6.24. The van der Waals surface area contributed by atoms with E-state index in [1.165, 1.54) is 7.11 Å². The van der Waals surface area contributed by atoms with Crippen LogP contribution in [0.25, 0.3) is 11.3 Å². The lowest BCUT2D eigenvalue weighted by Gasteiger charge is -2.39. The van der Waals surface area contributed by atoms with Crippen LogP contribution < -0.4 is 15.5 Å². The minimum absolute atomic E-state index is 0.00191. The molecule has 2 bridgehead atoms. The van der Waals surface area contributed by atoms with Crippen LogP contribution in [-0.2, 0) is 14.3 Å². The van der Waals surface area contributed by atoms with Gasteiger partial charge in [-0.1, -0.05) is 29.8 Å². The van der Waals surface area contributed by atoms with Crippen molar-refractivity contribution in [1.82, 2.24) is 14.9 Å². The number of amides is 3. The maximum absolute atomic E-state index is 13.5. The largest absolute Gasteiger partial charge is 0.453 e. The SMILES string of the molecule is COC(=O)Nc1ccc2c(c1)NC(=O)CC/C=C/CC(N1CCN(c3cc(Cl)ccc3C)CC1=O)c1nc-2c[nH]1. The van der Waals surface area contributed by atoms with E-state index in [-0.39, 0.29) is 30.8 Å². The number of aromatic nitrogens is 2. The Morgan fingerprint density at radius 3 is 2.80 bits per heavy atom. The molecule has 1 fully saturated rings. The molecule has 1 atom stereocenters. The molecule has 5 rings (SSSR count).